The summed E-state index contributed by atoms with van der Waals surface area (Å²) < 4.78 is 10.3. The van der Waals surface area contributed by atoms with Gasteiger partial charge < -0.3 is 15.2 Å². The van der Waals surface area contributed by atoms with Crippen molar-refractivity contribution in [3.8, 4) is 5.75 Å². The van der Waals surface area contributed by atoms with E-state index in [1.807, 2.05) is 6.07 Å². The molecule has 0 fully saturated rings. The van der Waals surface area contributed by atoms with Crippen molar-refractivity contribution < 1.29 is 19.1 Å². The highest BCUT2D eigenvalue weighted by Crippen LogP contribution is 2.15. The molecule has 6 heteroatoms. The molecule has 2 rings (SSSR count). The molecule has 2 aromatic rings. The summed E-state index contributed by atoms with van der Waals surface area (Å²) in [4.78, 5) is 22.5. The third-order valence-electron chi connectivity index (χ3n) is 2.73. The van der Waals surface area contributed by atoms with Crippen LogP contribution in [0.4, 0.5) is 0 Å². The molecule has 0 aromatic heterocycles. The molecule has 5 nitrogen and oxygen atoms in total. The number of primary amides is 1. The summed E-state index contributed by atoms with van der Waals surface area (Å²) in [6.45, 7) is -0.0715. The topological polar surface area (TPSA) is 78.6 Å². The average molecular weight is 320 g/mol. The summed E-state index contributed by atoms with van der Waals surface area (Å²) in [5, 5.41) is 0.588. The third-order valence-corrected chi connectivity index (χ3v) is 2.97. The summed E-state index contributed by atoms with van der Waals surface area (Å²) in [5.41, 5.74) is 6.17. The normalized spacial score (nSPS) is 10.0. The maximum atomic E-state index is 11.9. The van der Waals surface area contributed by atoms with Crippen molar-refractivity contribution in [2.75, 3.05) is 6.61 Å². The molecule has 0 saturated heterocycles. The van der Waals surface area contributed by atoms with Gasteiger partial charge in [-0.15, -0.1) is 0 Å². The fourth-order valence-electron chi connectivity index (χ4n) is 1.70. The largest absolute Gasteiger partial charge is 0.484 e. The molecule has 0 aliphatic carbocycles. The Hall–Kier alpha value is -2.53. The Balaban J connectivity index is 1.91. The smallest absolute Gasteiger partial charge is 0.338 e. The number of hydrogen-bond acceptors (Lipinski definition) is 4. The zero-order valence-electron chi connectivity index (χ0n) is 11.6. The molecular weight excluding hydrogens is 306 g/mol. The number of benzene rings is 2. The van der Waals surface area contributed by atoms with Crippen molar-refractivity contribution in [2.45, 2.75) is 6.61 Å². The van der Waals surface area contributed by atoms with Crippen LogP contribution < -0.4 is 10.5 Å². The zero-order valence-corrected chi connectivity index (χ0v) is 12.4. The molecule has 0 aliphatic rings. The first kappa shape index (κ1) is 15.9. The van der Waals surface area contributed by atoms with Crippen LogP contribution in [0.3, 0.4) is 0 Å². The number of nitrogens with two attached hydrogens (primary N) is 1. The minimum atomic E-state index is -0.565. The van der Waals surface area contributed by atoms with Crippen LogP contribution in [0, 0.1) is 0 Å². The molecule has 0 aliphatic heterocycles. The van der Waals surface area contributed by atoms with E-state index in [0.717, 1.165) is 5.56 Å². The van der Waals surface area contributed by atoms with Crippen LogP contribution in [0.15, 0.2) is 48.5 Å². The van der Waals surface area contributed by atoms with E-state index in [1.165, 1.54) is 0 Å². The second-order valence-electron chi connectivity index (χ2n) is 4.49. The monoisotopic (exact) mass is 319 g/mol. The molecule has 0 radical (unpaired) electrons. The Morgan fingerprint density at radius 3 is 2.45 bits per heavy atom. The van der Waals surface area contributed by atoms with E-state index in [4.69, 9.17) is 26.8 Å². The van der Waals surface area contributed by atoms with Gasteiger partial charge in [-0.25, -0.2) is 4.79 Å². The highest BCUT2D eigenvalue weighted by Gasteiger charge is 2.08. The fraction of sp³-hybridized carbons (Fsp3) is 0.125. The lowest BCUT2D eigenvalue weighted by Gasteiger charge is -2.07. The molecule has 2 N–H and O–H groups in total. The van der Waals surface area contributed by atoms with Crippen molar-refractivity contribution in [1.29, 1.82) is 0 Å². The standard InChI is InChI=1S/C16H14ClNO4/c17-13-3-1-2-11(8-13)9-22-16(20)12-4-6-14(7-5-12)21-10-15(18)19/h1-8H,9-10H2,(H2,18,19). The van der Waals surface area contributed by atoms with E-state index in [2.05, 4.69) is 0 Å². The number of halogens is 1. The number of hydrogen-bond donors (Lipinski definition) is 1. The maximum Gasteiger partial charge on any atom is 0.338 e. The van der Waals surface area contributed by atoms with Crippen LogP contribution in [0.1, 0.15) is 15.9 Å². The molecule has 0 atom stereocenters. The van der Waals surface area contributed by atoms with Crippen molar-refractivity contribution >= 4 is 23.5 Å². The van der Waals surface area contributed by atoms with Gasteiger partial charge in [0.15, 0.2) is 6.61 Å². The number of ether oxygens (including phenoxy) is 2. The Morgan fingerprint density at radius 1 is 1.09 bits per heavy atom. The van der Waals surface area contributed by atoms with Gasteiger partial charge in [0.2, 0.25) is 0 Å². The third kappa shape index (κ3) is 4.79. The average Bonchev–Trinajstić information content (AvgIpc) is 2.51. The lowest BCUT2D eigenvalue weighted by molar-refractivity contribution is -0.119. The van der Waals surface area contributed by atoms with E-state index in [0.29, 0.717) is 16.3 Å². The molecule has 0 heterocycles. The molecule has 114 valence electrons. The van der Waals surface area contributed by atoms with Gasteiger partial charge in [-0.2, -0.15) is 0 Å². The number of carbonyl (C=O) groups is 2. The zero-order chi connectivity index (χ0) is 15.9. The summed E-state index contributed by atoms with van der Waals surface area (Å²) in [7, 11) is 0. The van der Waals surface area contributed by atoms with Crippen molar-refractivity contribution in [1.82, 2.24) is 0 Å². The first-order valence-corrected chi connectivity index (χ1v) is 6.85. The van der Waals surface area contributed by atoms with E-state index < -0.39 is 11.9 Å². The molecular formula is C16H14ClNO4. The number of carbonyl (C=O) groups excluding carboxylic acids is 2. The first-order chi connectivity index (χ1) is 10.5. The van der Waals surface area contributed by atoms with Crippen LogP contribution >= 0.6 is 11.6 Å². The van der Waals surface area contributed by atoms with Gasteiger partial charge in [-0.1, -0.05) is 23.7 Å². The highest BCUT2D eigenvalue weighted by atomic mass is 35.5. The van der Waals surface area contributed by atoms with Crippen molar-refractivity contribution in [3.63, 3.8) is 0 Å². The predicted molar refractivity (Wildman–Crippen MR) is 81.7 cm³/mol. The Bertz CT molecular complexity index is 670. The number of esters is 1. The van der Waals surface area contributed by atoms with Crippen LogP contribution in [-0.2, 0) is 16.1 Å². The molecule has 1 amide bonds. The minimum absolute atomic E-state index is 0.138. The van der Waals surface area contributed by atoms with Gasteiger partial charge in [0.25, 0.3) is 5.91 Å². The van der Waals surface area contributed by atoms with Gasteiger partial charge in [0.1, 0.15) is 12.4 Å². The van der Waals surface area contributed by atoms with E-state index >= 15 is 0 Å². The van der Waals surface area contributed by atoms with E-state index in [-0.39, 0.29) is 13.2 Å². The molecule has 0 bridgehead atoms. The summed E-state index contributed by atoms with van der Waals surface area (Å²) >= 11 is 5.86. The minimum Gasteiger partial charge on any atom is -0.484 e. The van der Waals surface area contributed by atoms with Crippen LogP contribution in [0.25, 0.3) is 0 Å². The quantitative estimate of drug-likeness (QED) is 0.830. The van der Waals surface area contributed by atoms with Gasteiger partial charge >= 0.3 is 5.97 Å². The van der Waals surface area contributed by atoms with Gasteiger partial charge in [-0.05, 0) is 42.0 Å². The summed E-state index contributed by atoms with van der Waals surface area (Å²) in [5.74, 6) is -0.573. The predicted octanol–water partition coefficient (Wildman–Crippen LogP) is 2.56. The van der Waals surface area contributed by atoms with Crippen molar-refractivity contribution in [2.24, 2.45) is 5.73 Å². The molecule has 22 heavy (non-hydrogen) atoms. The van der Waals surface area contributed by atoms with Crippen LogP contribution in [0.2, 0.25) is 5.02 Å². The first-order valence-electron chi connectivity index (χ1n) is 6.47. The Kier molecular flexibility index (Phi) is 5.38. The fourth-order valence-corrected chi connectivity index (χ4v) is 1.91. The van der Waals surface area contributed by atoms with Crippen molar-refractivity contribution in [3.05, 3.63) is 64.7 Å². The van der Waals surface area contributed by atoms with Gasteiger partial charge in [-0.3, -0.25) is 4.79 Å². The summed E-state index contributed by atoms with van der Waals surface area (Å²) in [6.07, 6.45) is 0. The number of amides is 1. The van der Waals surface area contributed by atoms with E-state index in [1.54, 1.807) is 42.5 Å². The van der Waals surface area contributed by atoms with Crippen LogP contribution in [0.5, 0.6) is 5.75 Å². The number of rotatable bonds is 6. The summed E-state index contributed by atoms with van der Waals surface area (Å²) in [6, 6.07) is 13.3. The molecule has 2 aromatic carbocycles. The van der Waals surface area contributed by atoms with Gasteiger partial charge in [0, 0.05) is 5.02 Å². The maximum absolute atomic E-state index is 11.9. The van der Waals surface area contributed by atoms with E-state index in [9.17, 15) is 9.59 Å². The molecule has 0 unspecified atom stereocenters. The SMILES string of the molecule is NC(=O)COc1ccc(C(=O)OCc2cccc(Cl)c2)cc1. The lowest BCUT2D eigenvalue weighted by Crippen LogP contribution is -2.20. The Labute approximate surface area is 132 Å². The van der Waals surface area contributed by atoms with Crippen LogP contribution in [-0.4, -0.2) is 18.5 Å². The Morgan fingerprint density at radius 2 is 1.82 bits per heavy atom. The van der Waals surface area contributed by atoms with Gasteiger partial charge in [0.05, 0.1) is 5.56 Å². The molecule has 0 saturated carbocycles. The highest BCUT2D eigenvalue weighted by molar-refractivity contribution is 6.30. The second-order valence-corrected chi connectivity index (χ2v) is 4.92. The second kappa shape index (κ2) is 7.47. The lowest BCUT2D eigenvalue weighted by atomic mass is 10.2. The molecule has 0 spiro atoms.